The van der Waals surface area contributed by atoms with Crippen molar-refractivity contribution < 1.29 is 14.3 Å². The minimum Gasteiger partial charge on any atom is -0.448 e. The summed E-state index contributed by atoms with van der Waals surface area (Å²) in [6.07, 6.45) is -0.0935. The summed E-state index contributed by atoms with van der Waals surface area (Å²) < 4.78 is 5.24. The van der Waals surface area contributed by atoms with Crippen LogP contribution in [-0.2, 0) is 9.53 Å². The molecule has 1 amide bonds. The maximum absolute atomic E-state index is 11.6. The minimum atomic E-state index is -0.625. The third-order valence-corrected chi connectivity index (χ3v) is 3.67. The van der Waals surface area contributed by atoms with Crippen LogP contribution in [0, 0.1) is 0 Å². The standard InChI is InChI=1S/C16H14BN2O3/c20-10-17-19-18-16(21)22-9-15-13-7-3-1-5-11(13)12-6-2-4-8-14(12)15/h1-8,10,15,19H,9H2,(H,18,21). The fraction of sp³-hybridized carbons (Fsp3) is 0.125. The van der Waals surface area contributed by atoms with Gasteiger partial charge in [0.15, 0.2) is 0 Å². The van der Waals surface area contributed by atoms with Gasteiger partial charge in [-0.1, -0.05) is 48.5 Å². The van der Waals surface area contributed by atoms with E-state index in [1.807, 2.05) is 24.3 Å². The highest BCUT2D eigenvalue weighted by Gasteiger charge is 2.28. The van der Waals surface area contributed by atoms with E-state index in [1.54, 1.807) is 0 Å². The van der Waals surface area contributed by atoms with E-state index in [9.17, 15) is 9.59 Å². The summed E-state index contributed by atoms with van der Waals surface area (Å²) in [4.78, 5) is 21.7. The predicted octanol–water partition coefficient (Wildman–Crippen LogP) is 1.84. The van der Waals surface area contributed by atoms with Crippen LogP contribution in [0.5, 0.6) is 0 Å². The first-order valence-corrected chi connectivity index (χ1v) is 6.94. The summed E-state index contributed by atoms with van der Waals surface area (Å²) in [5.74, 6) is 0.0215. The van der Waals surface area contributed by atoms with Crippen molar-refractivity contribution in [2.24, 2.45) is 0 Å². The molecule has 1 aliphatic rings. The van der Waals surface area contributed by atoms with Crippen molar-refractivity contribution in [1.82, 2.24) is 10.8 Å². The lowest BCUT2D eigenvalue weighted by Gasteiger charge is -2.14. The Morgan fingerprint density at radius 3 is 2.27 bits per heavy atom. The zero-order chi connectivity index (χ0) is 15.4. The van der Waals surface area contributed by atoms with Crippen molar-refractivity contribution in [2.75, 3.05) is 6.61 Å². The molecule has 5 nitrogen and oxygen atoms in total. The molecule has 0 unspecified atom stereocenters. The van der Waals surface area contributed by atoms with Gasteiger partial charge in [-0.25, -0.2) is 4.79 Å². The van der Waals surface area contributed by atoms with Gasteiger partial charge < -0.3 is 9.53 Å². The van der Waals surface area contributed by atoms with Gasteiger partial charge in [0.25, 0.3) is 0 Å². The predicted molar refractivity (Wildman–Crippen MR) is 83.8 cm³/mol. The minimum absolute atomic E-state index is 0.0215. The van der Waals surface area contributed by atoms with E-state index in [0.29, 0.717) is 6.19 Å². The molecule has 0 aromatic heterocycles. The number of benzene rings is 2. The maximum atomic E-state index is 11.6. The number of hydrogen-bond donors (Lipinski definition) is 2. The Morgan fingerprint density at radius 2 is 1.68 bits per heavy atom. The van der Waals surface area contributed by atoms with E-state index in [0.717, 1.165) is 18.5 Å². The van der Waals surface area contributed by atoms with Crippen LogP contribution >= 0.6 is 0 Å². The van der Waals surface area contributed by atoms with Crippen molar-refractivity contribution in [3.63, 3.8) is 0 Å². The van der Waals surface area contributed by atoms with Gasteiger partial charge in [0, 0.05) is 5.92 Å². The second-order valence-corrected chi connectivity index (χ2v) is 4.90. The topological polar surface area (TPSA) is 67.4 Å². The largest absolute Gasteiger partial charge is 0.448 e. The van der Waals surface area contributed by atoms with Gasteiger partial charge in [0.1, 0.15) is 6.61 Å². The van der Waals surface area contributed by atoms with Crippen molar-refractivity contribution in [2.45, 2.75) is 5.92 Å². The summed E-state index contributed by atoms with van der Waals surface area (Å²) in [5, 5.41) is 2.33. The van der Waals surface area contributed by atoms with Crippen LogP contribution in [0.3, 0.4) is 0 Å². The Bertz CT molecular complexity index is 660. The first-order chi connectivity index (χ1) is 10.8. The second-order valence-electron chi connectivity index (χ2n) is 4.90. The van der Waals surface area contributed by atoms with Crippen LogP contribution in [0.25, 0.3) is 11.1 Å². The number of hydrazine groups is 1. The smallest absolute Gasteiger partial charge is 0.420 e. The molecular weight excluding hydrogens is 279 g/mol. The lowest BCUT2D eigenvalue weighted by atomic mass is 9.98. The maximum Gasteiger partial charge on any atom is 0.420 e. The number of carbonyl (C=O) groups excluding carboxylic acids is 2. The molecule has 0 aliphatic heterocycles. The van der Waals surface area contributed by atoms with Gasteiger partial charge in [-0.3, -0.25) is 10.8 Å². The van der Waals surface area contributed by atoms with E-state index in [-0.39, 0.29) is 12.5 Å². The average Bonchev–Trinajstić information content (AvgIpc) is 2.87. The van der Waals surface area contributed by atoms with Crippen molar-refractivity contribution in [3.05, 3.63) is 59.7 Å². The number of ether oxygens (including phenoxy) is 1. The second kappa shape index (κ2) is 6.45. The number of nitrogens with one attached hydrogen (secondary N) is 2. The van der Waals surface area contributed by atoms with E-state index in [1.165, 1.54) is 11.1 Å². The fourth-order valence-electron chi connectivity index (χ4n) is 2.77. The summed E-state index contributed by atoms with van der Waals surface area (Å²) in [6, 6.07) is 16.2. The molecule has 1 radical (unpaired) electrons. The van der Waals surface area contributed by atoms with Crippen LogP contribution in [0.4, 0.5) is 4.79 Å². The molecule has 3 rings (SSSR count). The molecule has 2 aromatic carbocycles. The van der Waals surface area contributed by atoms with E-state index in [4.69, 9.17) is 4.74 Å². The first kappa shape index (κ1) is 14.3. The van der Waals surface area contributed by atoms with Gasteiger partial charge in [0.2, 0.25) is 0 Å². The van der Waals surface area contributed by atoms with E-state index < -0.39 is 6.09 Å². The fourth-order valence-corrected chi connectivity index (χ4v) is 2.77. The molecule has 0 atom stereocenters. The molecule has 109 valence electrons. The van der Waals surface area contributed by atoms with Crippen LogP contribution in [0.1, 0.15) is 17.0 Å². The Kier molecular flexibility index (Phi) is 4.21. The number of hydrogen-bond acceptors (Lipinski definition) is 4. The van der Waals surface area contributed by atoms with Crippen LogP contribution < -0.4 is 10.8 Å². The Labute approximate surface area is 128 Å². The van der Waals surface area contributed by atoms with Gasteiger partial charge in [-0.2, -0.15) is 0 Å². The molecule has 1 aliphatic carbocycles. The number of amides is 1. The van der Waals surface area contributed by atoms with Crippen LogP contribution in [0.2, 0.25) is 0 Å². The highest BCUT2D eigenvalue weighted by molar-refractivity contribution is 6.64. The third kappa shape index (κ3) is 2.73. The molecule has 0 heterocycles. The molecule has 0 saturated carbocycles. The van der Waals surface area contributed by atoms with Gasteiger partial charge in [0.05, 0.1) is 6.19 Å². The number of rotatable bonds is 5. The Balaban J connectivity index is 1.74. The zero-order valence-corrected chi connectivity index (χ0v) is 11.8. The highest BCUT2D eigenvalue weighted by Crippen LogP contribution is 2.44. The number of carbonyl (C=O) groups is 2. The van der Waals surface area contributed by atoms with Gasteiger partial charge in [-0.15, -0.1) is 0 Å². The van der Waals surface area contributed by atoms with Crippen LogP contribution in [-0.4, -0.2) is 26.3 Å². The third-order valence-electron chi connectivity index (χ3n) is 3.67. The zero-order valence-electron chi connectivity index (χ0n) is 11.8. The molecule has 2 aromatic rings. The molecule has 0 fully saturated rings. The Hall–Kier alpha value is -2.60. The molecule has 22 heavy (non-hydrogen) atoms. The summed E-state index contributed by atoms with van der Waals surface area (Å²) >= 11 is 0. The lowest BCUT2D eigenvalue weighted by Crippen LogP contribution is -2.41. The monoisotopic (exact) mass is 293 g/mol. The van der Waals surface area contributed by atoms with E-state index in [2.05, 4.69) is 35.0 Å². The molecule has 0 bridgehead atoms. The molecular formula is C16H14BN2O3. The summed E-state index contributed by atoms with van der Waals surface area (Å²) in [6.45, 7) is 0.239. The quantitative estimate of drug-likeness (QED) is 0.382. The summed E-state index contributed by atoms with van der Waals surface area (Å²) in [7, 11) is 1.07. The molecule has 6 heteroatoms. The summed E-state index contributed by atoms with van der Waals surface area (Å²) in [5.41, 5.74) is 6.93. The molecule has 0 saturated heterocycles. The number of fused-ring (bicyclic) bond motifs is 3. The first-order valence-electron chi connectivity index (χ1n) is 6.94. The van der Waals surface area contributed by atoms with Gasteiger partial charge in [-0.05, 0) is 22.3 Å². The molecule has 0 spiro atoms. The SMILES string of the molecule is O=C[B]NNC(=O)OCC1c2ccccc2-c2ccccc21. The molecule has 2 N–H and O–H groups in total. The normalized spacial score (nSPS) is 12.2. The van der Waals surface area contributed by atoms with Gasteiger partial charge >= 0.3 is 13.5 Å². The average molecular weight is 293 g/mol. The van der Waals surface area contributed by atoms with Crippen molar-refractivity contribution in [1.29, 1.82) is 0 Å². The Morgan fingerprint density at radius 1 is 1.09 bits per heavy atom. The van der Waals surface area contributed by atoms with Crippen molar-refractivity contribution in [3.8, 4) is 11.1 Å². The lowest BCUT2D eigenvalue weighted by molar-refractivity contribution is 0.141. The highest BCUT2D eigenvalue weighted by atomic mass is 16.6. The van der Waals surface area contributed by atoms with Crippen LogP contribution in [0.15, 0.2) is 48.5 Å². The van der Waals surface area contributed by atoms with E-state index >= 15 is 0 Å². The van der Waals surface area contributed by atoms with Crippen molar-refractivity contribution >= 4 is 19.7 Å².